The minimum atomic E-state index is -1.78. The van der Waals surface area contributed by atoms with E-state index in [1.54, 1.807) is 27.7 Å². The number of primary amides is 1. The van der Waals surface area contributed by atoms with Crippen molar-refractivity contribution in [2.24, 2.45) is 40.5 Å². The van der Waals surface area contributed by atoms with E-state index in [0.29, 0.717) is 0 Å². The summed E-state index contributed by atoms with van der Waals surface area (Å²) < 4.78 is 14.6. The second-order valence-corrected chi connectivity index (χ2v) is 36.4. The van der Waals surface area contributed by atoms with E-state index in [0.717, 1.165) is 47.4 Å². The molecule has 5 heterocycles. The molecule has 0 radical (unpaired) electrons. The third-order valence-electron chi connectivity index (χ3n) is 21.2. The molecule has 13 atom stereocenters. The molecule has 4 fully saturated rings. The first-order valence-corrected chi connectivity index (χ1v) is 46.7. The number of carbonyl (C=O) groups excluding carboxylic acids is 16. The van der Waals surface area contributed by atoms with Gasteiger partial charge in [-0.3, -0.25) is 92.9 Å². The predicted molar refractivity (Wildman–Crippen MR) is 481 cm³/mol. The Labute approximate surface area is 769 Å². The zero-order valence-corrected chi connectivity index (χ0v) is 76.3. The lowest BCUT2D eigenvalue weighted by atomic mass is 10.00. The molecule has 726 valence electrons. The number of aliphatic carboxylic acids is 1. The smallest absolute Gasteiger partial charge is 0.327 e. The number of thioether (sulfide) groups is 3. The fourth-order valence-electron chi connectivity index (χ4n) is 14.4. The van der Waals surface area contributed by atoms with E-state index >= 15 is 33.6 Å². The van der Waals surface area contributed by atoms with Gasteiger partial charge in [-0.25, -0.2) is 14.2 Å². The van der Waals surface area contributed by atoms with Gasteiger partial charge in [-0.1, -0.05) is 39.8 Å². The Balaban J connectivity index is 1.49. The van der Waals surface area contributed by atoms with Crippen LogP contribution < -0.4 is 103 Å². The molecular formula is C80H127FN28O19S3. The molecule has 47 nitrogen and oxygen atoms in total. The largest absolute Gasteiger partial charge is 0.480 e. The number of rotatable bonds is 29. The molecule has 6 rings (SSSR count). The third kappa shape index (κ3) is 38.2. The number of carboxylic acids is 1. The normalized spacial score (nSPS) is 23.7. The molecule has 4 aliphatic rings. The summed E-state index contributed by atoms with van der Waals surface area (Å²) in [6.45, 7) is 4.73. The number of guanidine groups is 3. The summed E-state index contributed by atoms with van der Waals surface area (Å²) in [7, 11) is 0. The second kappa shape index (κ2) is 55.3. The van der Waals surface area contributed by atoms with Gasteiger partial charge in [-0.15, -0.1) is 0 Å². The van der Waals surface area contributed by atoms with Crippen LogP contribution in [-0.4, -0.2) is 324 Å². The van der Waals surface area contributed by atoms with Gasteiger partial charge >= 0.3 is 5.97 Å². The third-order valence-corrected chi connectivity index (χ3v) is 24.4. The molecule has 2 aromatic rings. The summed E-state index contributed by atoms with van der Waals surface area (Å²) in [6.07, 6.45) is -0.598. The lowest BCUT2D eigenvalue weighted by Gasteiger charge is -2.42. The maximum absolute atomic E-state index is 15.4. The molecule has 131 heavy (non-hydrogen) atoms. The first kappa shape index (κ1) is 108. The highest BCUT2D eigenvalue weighted by atomic mass is 32.2. The summed E-state index contributed by atoms with van der Waals surface area (Å²) in [6, 6.07) is -15.3. The minimum absolute atomic E-state index is 0.00841. The number of benzene rings is 1. The number of aliphatic hydroxyl groups excluding tert-OH is 1. The van der Waals surface area contributed by atoms with E-state index in [1.807, 2.05) is 0 Å². The molecule has 16 amide bonds. The molecule has 51 heteroatoms. The number of carboxylic acid groups (broad SMARTS) is 1. The van der Waals surface area contributed by atoms with Crippen molar-refractivity contribution < 1.29 is 96.1 Å². The van der Waals surface area contributed by atoms with Crippen LogP contribution in [0.1, 0.15) is 142 Å². The number of carbonyl (C=O) groups is 17. The molecule has 0 saturated carbocycles. The van der Waals surface area contributed by atoms with Gasteiger partial charge in [0.25, 0.3) is 0 Å². The standard InChI is InChI=1S/C80H127FN28O19S3/c1-43(2)29-52-69(119)95-47(9-5-22-91-78(84)85)33-62(112)96-59(77(127)128)38-131-28-21-65(115)108-41-106-40-107(42-108)64(114)20-27-130-37-58(74(124)101-54(32-48-34-90-39-94-48)71(121)98-51(68(118)99-52)17-18-61(83)111)105-75(125)60-12-8-25-109(60)76(126)55(30-44(3)4)102-67(117)50(11-7-24-93-80(88)89)97-70(120)53(31-45-13-15-46(81)16-14-45)100-73(123)57(36-129-26-19-63(106)113)104-72(122)56(35-110)103-66(116)49(82)10-6-23-92-79(86)87/h13-16,34,39,43-44,47,49-60,110H,5-12,17-33,35-38,40-42,82H2,1-4H3,(H2,83,111)(H,90,94)(H,95,119)(H,96,112)(H,97,120)(H,98,121)(H,99,118)(H,100,123)(H,101,124)(H,102,117)(H,103,116)(H,104,122)(H,105,125)(H,127,128)(H4,84,85,91)(H4,86,87,92)(H4,88,89,93)/t47-,49+,50-,51-,52-,53-,54-,55-,56+,57-,58-,59-,60-/m0/s1. The van der Waals surface area contributed by atoms with Crippen molar-refractivity contribution >= 4 is 154 Å². The van der Waals surface area contributed by atoms with Gasteiger partial charge in [-0.05, 0) is 100 Å². The Morgan fingerprint density at radius 2 is 1.07 bits per heavy atom. The molecule has 4 bridgehead atoms. The maximum atomic E-state index is 15.4. The van der Waals surface area contributed by atoms with Gasteiger partial charge in [0.2, 0.25) is 94.5 Å². The highest BCUT2D eigenvalue weighted by Gasteiger charge is 2.43. The summed E-state index contributed by atoms with van der Waals surface area (Å²) in [5.74, 6) is -20.2. The Morgan fingerprint density at radius 3 is 1.61 bits per heavy atom. The summed E-state index contributed by atoms with van der Waals surface area (Å²) in [5.41, 5.74) is 28.7. The molecule has 30 N–H and O–H groups in total. The molecule has 1 aromatic heterocycles. The van der Waals surface area contributed by atoms with Crippen LogP contribution >= 0.6 is 35.3 Å². The molecule has 1 aromatic carbocycles. The van der Waals surface area contributed by atoms with E-state index in [9.17, 15) is 62.5 Å². The van der Waals surface area contributed by atoms with Crippen molar-refractivity contribution in [3.63, 3.8) is 0 Å². The maximum Gasteiger partial charge on any atom is 0.327 e. The highest BCUT2D eigenvalue weighted by molar-refractivity contribution is 7.99. The molecule has 0 unspecified atom stereocenters. The average Bonchev–Trinajstić information content (AvgIpc) is 1.69. The number of halogens is 1. The van der Waals surface area contributed by atoms with Crippen molar-refractivity contribution in [3.8, 4) is 0 Å². The first-order chi connectivity index (χ1) is 62.2. The van der Waals surface area contributed by atoms with Crippen LogP contribution in [0, 0.1) is 33.9 Å². The van der Waals surface area contributed by atoms with Crippen molar-refractivity contribution in [1.82, 2.24) is 104 Å². The summed E-state index contributed by atoms with van der Waals surface area (Å²) in [5, 5.41) is 80.6. The number of nitrogens with one attached hydrogen (secondary N) is 18. The van der Waals surface area contributed by atoms with Crippen LogP contribution in [0.5, 0.6) is 0 Å². The van der Waals surface area contributed by atoms with Gasteiger partial charge < -0.3 is 138 Å². The quantitative estimate of drug-likeness (QED) is 0.0205. The number of aromatic amines is 1. The number of amides is 16. The molecule has 0 spiro atoms. The van der Waals surface area contributed by atoms with Crippen molar-refractivity contribution in [1.29, 1.82) is 16.2 Å². The number of aromatic nitrogens is 2. The molecule has 4 saturated heterocycles. The van der Waals surface area contributed by atoms with Crippen LogP contribution in [0.4, 0.5) is 4.39 Å². The van der Waals surface area contributed by atoms with Crippen LogP contribution in [0.15, 0.2) is 36.8 Å². The monoisotopic (exact) mass is 1900 g/mol. The van der Waals surface area contributed by atoms with E-state index in [4.69, 9.17) is 44.9 Å². The van der Waals surface area contributed by atoms with Gasteiger partial charge in [0.15, 0.2) is 17.9 Å². The Morgan fingerprint density at radius 1 is 0.573 bits per heavy atom. The lowest BCUT2D eigenvalue weighted by molar-refractivity contribution is -0.158. The van der Waals surface area contributed by atoms with Gasteiger partial charge in [0.05, 0.1) is 44.7 Å². The van der Waals surface area contributed by atoms with E-state index < -0.39 is 262 Å². The van der Waals surface area contributed by atoms with Crippen LogP contribution in [0.2, 0.25) is 0 Å². The van der Waals surface area contributed by atoms with E-state index in [-0.39, 0.29) is 167 Å². The molecule has 0 aliphatic carbocycles. The van der Waals surface area contributed by atoms with Crippen LogP contribution in [-0.2, 0) is 94.3 Å². The molecule has 4 aliphatic heterocycles. The predicted octanol–water partition coefficient (Wildman–Crippen LogP) is -6.63. The Hall–Kier alpha value is -11.9. The zero-order chi connectivity index (χ0) is 96.6. The number of hydrogen-bond acceptors (Lipinski definition) is 26. The van der Waals surface area contributed by atoms with Gasteiger partial charge in [-0.2, -0.15) is 35.3 Å². The number of imidazole rings is 1. The van der Waals surface area contributed by atoms with Gasteiger partial charge in [0.1, 0.15) is 72.3 Å². The Kier molecular flexibility index (Phi) is 45.6. The zero-order valence-electron chi connectivity index (χ0n) is 73.8. The SMILES string of the molecule is CC(C)C[C@@H]1NC(=O)[C@H](CCC(N)=O)NC(=O)[C@H](Cc2c[nH]cn2)NC(=O)[C@@H]2CSCCC(=O)N3CN(CN(C3)C(=O)CCSC[C@H](NC(=O)[C@@H](CO)NC(=O)[C@H](N)CCCNC(=N)N)C(=O)N[C@@H](Cc3ccc(F)cc3)C(=O)N[C@@H](CCCNC(=N)N)C(=O)N[C@@H](CC(C)C)C(=O)N3CCC[C@H]3C(=O)N2)C(=O)CCSC[C@@H](C(=O)O)NC(=O)C[C@H](CCCNC(=N)N)NC1=O. The number of nitrogens with two attached hydrogens (primary N) is 5. The van der Waals surface area contributed by atoms with Crippen molar-refractivity contribution in [2.45, 2.75) is 222 Å². The summed E-state index contributed by atoms with van der Waals surface area (Å²) >= 11 is 2.80. The first-order valence-electron chi connectivity index (χ1n) is 43.2. The minimum Gasteiger partial charge on any atom is -0.480 e. The van der Waals surface area contributed by atoms with Crippen molar-refractivity contribution in [2.75, 3.05) is 87.3 Å². The van der Waals surface area contributed by atoms with Crippen molar-refractivity contribution in [3.05, 3.63) is 53.9 Å². The number of fused-ring (bicyclic) bond motifs is 8. The highest BCUT2D eigenvalue weighted by Crippen LogP contribution is 2.24. The molecular weight excluding hydrogens is 1770 g/mol. The second-order valence-electron chi connectivity index (χ2n) is 32.9. The van der Waals surface area contributed by atoms with Gasteiger partial charge in [0, 0.05) is 118 Å². The van der Waals surface area contributed by atoms with Crippen LogP contribution in [0.3, 0.4) is 0 Å². The average molecular weight is 1900 g/mol. The summed E-state index contributed by atoms with van der Waals surface area (Å²) in [4.78, 5) is 259. The number of aliphatic hydroxyl groups is 1. The fourth-order valence-corrected chi connectivity index (χ4v) is 17.2. The lowest BCUT2D eigenvalue weighted by Crippen LogP contribution is -2.61. The van der Waals surface area contributed by atoms with E-state index in [1.165, 1.54) is 44.3 Å². The number of hydrogen-bond donors (Lipinski definition) is 25. The topological polar surface area (TPSA) is 742 Å². The number of nitrogens with zero attached hydrogens (tertiary/aromatic N) is 5. The number of H-pyrrole nitrogens is 1. The van der Waals surface area contributed by atoms with Crippen LogP contribution in [0.25, 0.3) is 0 Å². The Bertz CT molecular complexity index is 4300. The van der Waals surface area contributed by atoms with E-state index in [2.05, 4.69) is 84.4 Å². The fraction of sp³-hybridized carbons (Fsp3) is 0.637.